The lowest BCUT2D eigenvalue weighted by Gasteiger charge is -2.19. The summed E-state index contributed by atoms with van der Waals surface area (Å²) in [6.07, 6.45) is -0.836. The first-order chi connectivity index (χ1) is 8.59. The monoisotopic (exact) mass is 256 g/mol. The number of hydrogen-bond acceptors (Lipinski definition) is 7. The summed E-state index contributed by atoms with van der Waals surface area (Å²) >= 11 is 0. The minimum Gasteiger partial charge on any atom is -0.862 e. The fourth-order valence-electron chi connectivity index (χ4n) is 1.77. The molecule has 1 aromatic heterocycles. The highest BCUT2D eigenvalue weighted by Crippen LogP contribution is 2.21. The summed E-state index contributed by atoms with van der Waals surface area (Å²) in [7, 11) is 0. The second-order valence-corrected chi connectivity index (χ2v) is 4.03. The van der Waals surface area contributed by atoms with Crippen LogP contribution in [0.4, 0.5) is 5.88 Å². The van der Waals surface area contributed by atoms with Crippen LogP contribution in [0.5, 0.6) is 0 Å². The number of aliphatic hydroxyl groups excluding tert-OH is 1. The summed E-state index contributed by atoms with van der Waals surface area (Å²) in [6.45, 7) is 5.32. The van der Waals surface area contributed by atoms with Crippen molar-refractivity contribution in [3.05, 3.63) is 5.69 Å². The topological polar surface area (TPSA) is 98.0 Å². The molecule has 2 heterocycles. The molecule has 0 radical (unpaired) electrons. The zero-order valence-electron chi connectivity index (χ0n) is 10.4. The normalized spacial score (nSPS) is 19.1. The molecule has 2 rings (SSSR count). The minimum absolute atomic E-state index is 0.0454. The van der Waals surface area contributed by atoms with Gasteiger partial charge in [-0.25, -0.2) is 4.99 Å². The molecule has 1 aliphatic rings. The number of aliphatic imine (C=N–C) groups is 1. The number of nitrogens with zero attached hydrogens (tertiary/aromatic N) is 4. The lowest BCUT2D eigenvalue weighted by Crippen LogP contribution is -2.65. The minimum atomic E-state index is -0.836. The van der Waals surface area contributed by atoms with Crippen molar-refractivity contribution < 1.29 is 24.3 Å². The molecule has 1 atom stereocenters. The summed E-state index contributed by atoms with van der Waals surface area (Å²) < 4.78 is 10.2. The van der Waals surface area contributed by atoms with Crippen molar-refractivity contribution in [3.63, 3.8) is 0 Å². The molecule has 0 bridgehead atoms. The van der Waals surface area contributed by atoms with Gasteiger partial charge in [0, 0.05) is 0 Å². The third kappa shape index (κ3) is 2.59. The molecule has 0 aromatic carbocycles. The van der Waals surface area contributed by atoms with Gasteiger partial charge in [-0.2, -0.15) is 0 Å². The zero-order valence-corrected chi connectivity index (χ0v) is 10.4. The highest BCUT2D eigenvalue weighted by molar-refractivity contribution is 5.71. The van der Waals surface area contributed by atoms with Gasteiger partial charge in [0.1, 0.15) is 6.10 Å². The molecule has 8 nitrogen and oxygen atoms in total. The van der Waals surface area contributed by atoms with Crippen LogP contribution in [0.25, 0.3) is 0 Å². The van der Waals surface area contributed by atoms with E-state index in [9.17, 15) is 10.2 Å². The van der Waals surface area contributed by atoms with E-state index in [0.29, 0.717) is 32.0 Å². The molecular weight excluding hydrogens is 240 g/mol. The lowest BCUT2D eigenvalue weighted by atomic mass is 10.3. The van der Waals surface area contributed by atoms with E-state index in [4.69, 9.17) is 9.26 Å². The van der Waals surface area contributed by atoms with E-state index in [1.165, 1.54) is 11.7 Å². The second-order valence-electron chi connectivity index (χ2n) is 4.03. The number of aliphatic hydroxyl groups is 1. The van der Waals surface area contributed by atoms with Gasteiger partial charge >= 0.3 is 11.6 Å². The Balaban J connectivity index is 2.35. The standard InChI is InChI=1S/C10H16N4O4/c1-7(15)9-10(11-8(2)16)18-12-14(9)13-3-5-17-6-4-13/h7,15H,3-6H2,1-2H3. The molecule has 0 spiro atoms. The number of aromatic nitrogens is 2. The maximum Gasteiger partial charge on any atom is 0.338 e. The largest absolute Gasteiger partial charge is 0.862 e. The Bertz CT molecular complexity index is 433. The molecule has 1 fully saturated rings. The molecule has 0 saturated carbocycles. The maximum atomic E-state index is 11.0. The average Bonchev–Trinajstić information content (AvgIpc) is 2.73. The van der Waals surface area contributed by atoms with Gasteiger partial charge in [-0.3, -0.25) is 4.52 Å². The first-order valence-corrected chi connectivity index (χ1v) is 5.75. The van der Waals surface area contributed by atoms with Gasteiger partial charge in [0.25, 0.3) is 0 Å². The summed E-state index contributed by atoms with van der Waals surface area (Å²) in [5, 5.41) is 26.5. The van der Waals surface area contributed by atoms with Crippen LogP contribution < -0.4 is 14.9 Å². The van der Waals surface area contributed by atoms with Crippen molar-refractivity contribution in [3.8, 4) is 0 Å². The number of rotatable bonds is 3. The van der Waals surface area contributed by atoms with Crippen LogP contribution in [-0.2, 0) is 4.74 Å². The highest BCUT2D eigenvalue weighted by atomic mass is 16.5. The van der Waals surface area contributed by atoms with Gasteiger partial charge in [-0.05, 0) is 19.7 Å². The van der Waals surface area contributed by atoms with Gasteiger partial charge in [-0.1, -0.05) is 0 Å². The van der Waals surface area contributed by atoms with E-state index >= 15 is 0 Å². The second kappa shape index (κ2) is 5.32. The quantitative estimate of drug-likeness (QED) is 0.397. The van der Waals surface area contributed by atoms with E-state index in [2.05, 4.69) is 10.3 Å². The van der Waals surface area contributed by atoms with Crippen LogP contribution in [-0.4, -0.2) is 42.6 Å². The number of ether oxygens (including phenoxy) is 1. The Morgan fingerprint density at radius 3 is 2.78 bits per heavy atom. The van der Waals surface area contributed by atoms with Crippen LogP contribution >= 0.6 is 0 Å². The highest BCUT2D eigenvalue weighted by Gasteiger charge is 2.34. The van der Waals surface area contributed by atoms with Gasteiger partial charge in [0.2, 0.25) is 5.27 Å². The fraction of sp³-hybridized carbons (Fsp3) is 0.700. The molecule has 100 valence electrons. The Labute approximate surface area is 104 Å². The van der Waals surface area contributed by atoms with Gasteiger partial charge in [0.05, 0.1) is 31.1 Å². The maximum absolute atomic E-state index is 11.0. The Kier molecular flexibility index (Phi) is 3.78. The van der Waals surface area contributed by atoms with E-state index in [-0.39, 0.29) is 5.88 Å². The fourth-order valence-corrected chi connectivity index (χ4v) is 1.77. The van der Waals surface area contributed by atoms with Crippen molar-refractivity contribution in [2.75, 3.05) is 31.3 Å². The van der Waals surface area contributed by atoms with Gasteiger partial charge in [-0.15, -0.1) is 5.01 Å². The van der Waals surface area contributed by atoms with E-state index in [1.807, 2.05) is 5.01 Å². The molecule has 1 unspecified atom stereocenters. The van der Waals surface area contributed by atoms with Crippen molar-refractivity contribution in [1.29, 1.82) is 0 Å². The molecule has 0 amide bonds. The Morgan fingerprint density at radius 1 is 1.56 bits per heavy atom. The van der Waals surface area contributed by atoms with Crippen LogP contribution in [0.2, 0.25) is 0 Å². The first-order valence-electron chi connectivity index (χ1n) is 5.75. The van der Waals surface area contributed by atoms with E-state index in [1.54, 1.807) is 6.92 Å². The summed E-state index contributed by atoms with van der Waals surface area (Å²) in [6, 6.07) is 0. The Hall–Kier alpha value is -1.67. The first kappa shape index (κ1) is 12.8. The van der Waals surface area contributed by atoms with Gasteiger partial charge in [0.15, 0.2) is 0 Å². The molecule has 0 aliphatic carbocycles. The van der Waals surface area contributed by atoms with Crippen LogP contribution in [0.15, 0.2) is 9.52 Å². The third-order valence-electron chi connectivity index (χ3n) is 2.55. The third-order valence-corrected chi connectivity index (χ3v) is 2.55. The Morgan fingerprint density at radius 2 is 2.22 bits per heavy atom. The molecule has 8 heteroatoms. The van der Waals surface area contributed by atoms with Gasteiger partial charge < -0.3 is 14.9 Å². The predicted molar refractivity (Wildman–Crippen MR) is 58.9 cm³/mol. The molecule has 1 aromatic rings. The van der Waals surface area contributed by atoms with E-state index in [0.717, 1.165) is 0 Å². The number of morpholine rings is 1. The summed E-state index contributed by atoms with van der Waals surface area (Å²) in [5.41, 5.74) is 0.368. The van der Waals surface area contributed by atoms with Crippen molar-refractivity contribution in [1.82, 2.24) is 5.27 Å². The molecule has 1 saturated heterocycles. The van der Waals surface area contributed by atoms with Crippen molar-refractivity contribution in [2.45, 2.75) is 20.0 Å². The van der Waals surface area contributed by atoms with Crippen molar-refractivity contribution in [2.24, 2.45) is 4.99 Å². The SMILES string of the molecule is C/C([O-])=N/c1on[n+](N2CCOCC2)c1C(C)O. The summed E-state index contributed by atoms with van der Waals surface area (Å²) in [4.78, 5) is 5.14. The van der Waals surface area contributed by atoms with Crippen molar-refractivity contribution >= 4 is 11.8 Å². The average molecular weight is 256 g/mol. The smallest absolute Gasteiger partial charge is 0.338 e. The number of hydrogen-bond donors (Lipinski definition) is 1. The molecule has 1 aliphatic heterocycles. The predicted octanol–water partition coefficient (Wildman–Crippen LogP) is -1.61. The zero-order chi connectivity index (χ0) is 13.1. The lowest BCUT2D eigenvalue weighted by molar-refractivity contribution is -0.768. The van der Waals surface area contributed by atoms with E-state index < -0.39 is 12.0 Å². The molecular formula is C10H16N4O4. The van der Waals surface area contributed by atoms with Crippen LogP contribution in [0, 0.1) is 0 Å². The van der Waals surface area contributed by atoms with Crippen LogP contribution in [0.1, 0.15) is 25.6 Å². The molecule has 1 N–H and O–H groups in total. The molecule has 18 heavy (non-hydrogen) atoms. The summed E-state index contributed by atoms with van der Waals surface area (Å²) in [5.74, 6) is -0.355. The van der Waals surface area contributed by atoms with Crippen LogP contribution in [0.3, 0.4) is 0 Å².